The maximum absolute atomic E-state index is 13.0. The van der Waals surface area contributed by atoms with Gasteiger partial charge in [0.1, 0.15) is 20.2 Å². The number of carbonyl (C=O) groups is 4. The number of esters is 4. The first-order valence-electron chi connectivity index (χ1n) is 48.1. The third-order valence-electron chi connectivity index (χ3n) is 22.0. The number of hydrogen-bond acceptors (Lipinski definition) is 14. The van der Waals surface area contributed by atoms with Crippen molar-refractivity contribution in [1.29, 1.82) is 0 Å². The number of allylic oxidation sites excluding steroid dienone is 8. The summed E-state index contributed by atoms with van der Waals surface area (Å²) in [5.41, 5.74) is -1.58. The molecular formula is C100H170CaO14S2. The molecule has 0 aromatic heterocycles. The molecule has 0 bridgehead atoms. The van der Waals surface area contributed by atoms with E-state index in [2.05, 4.69) is 76.3 Å². The molecule has 668 valence electrons. The van der Waals surface area contributed by atoms with Gasteiger partial charge in [-0.05, 0) is 153 Å². The van der Waals surface area contributed by atoms with Crippen LogP contribution in [0.1, 0.15) is 506 Å². The van der Waals surface area contributed by atoms with Crippen LogP contribution in [0.15, 0.2) is 94.8 Å². The second-order valence-corrected chi connectivity index (χ2v) is 35.5. The van der Waals surface area contributed by atoms with Gasteiger partial charge in [-0.1, -0.05) is 397 Å². The van der Waals surface area contributed by atoms with Gasteiger partial charge in [0.2, 0.25) is 0 Å². The molecule has 0 N–H and O–H groups in total. The Kier molecular flexibility index (Phi) is 81.9. The Morgan fingerprint density at radius 3 is 0.564 bits per heavy atom. The van der Waals surface area contributed by atoms with Crippen LogP contribution in [0.3, 0.4) is 0 Å². The van der Waals surface area contributed by atoms with E-state index in [1.807, 2.05) is 0 Å². The molecule has 2 aromatic carbocycles. The standard InChI is InChI=1S/2C50H86O7S.Ca/c2*1-3-5-7-9-11-13-15-17-19-21-23-25-27-29-31-33-35-37-39-44-56-49(51)46-42-41-43-47(58(53,54)55)48(46)50(52)57-45-40-38-36-34-32-30-28-26-24-22-20-18-16-14-12-10-8-6-4-2;/h2*25-28,41-43H,3-24,29-40,44-45H2,1-2H3,(H,53,54,55);/q;;+2/p-2/b2*27-25+,28-26+;. The molecule has 0 amide bonds. The zero-order valence-electron chi connectivity index (χ0n) is 75.2. The monoisotopic (exact) mass is 1700 g/mol. The van der Waals surface area contributed by atoms with Gasteiger partial charge in [0, 0.05) is 0 Å². The molecule has 0 saturated carbocycles. The summed E-state index contributed by atoms with van der Waals surface area (Å²) >= 11 is 0. The smallest absolute Gasteiger partial charge is 0.744 e. The summed E-state index contributed by atoms with van der Waals surface area (Å²) in [7, 11) is -10.0. The van der Waals surface area contributed by atoms with Crippen molar-refractivity contribution in [3.63, 3.8) is 0 Å². The number of hydrogen-bond donors (Lipinski definition) is 0. The van der Waals surface area contributed by atoms with Gasteiger partial charge < -0.3 is 28.1 Å². The van der Waals surface area contributed by atoms with Crippen LogP contribution in [0.25, 0.3) is 0 Å². The normalized spacial score (nSPS) is 11.8. The van der Waals surface area contributed by atoms with E-state index in [-0.39, 0.29) is 75.3 Å². The third-order valence-corrected chi connectivity index (χ3v) is 23.8. The average Bonchev–Trinajstić information content (AvgIpc) is 0.796. The fourth-order valence-electron chi connectivity index (χ4n) is 14.7. The summed E-state index contributed by atoms with van der Waals surface area (Å²) in [5.74, 6) is -3.65. The molecular weight excluding hydrogens is 1530 g/mol. The summed E-state index contributed by atoms with van der Waals surface area (Å²) in [6.45, 7) is 9.51. The van der Waals surface area contributed by atoms with Gasteiger partial charge >= 0.3 is 61.6 Å². The van der Waals surface area contributed by atoms with Crippen LogP contribution in [0.5, 0.6) is 0 Å². The van der Waals surface area contributed by atoms with E-state index in [1.165, 1.54) is 294 Å². The van der Waals surface area contributed by atoms with Gasteiger partial charge in [0.25, 0.3) is 0 Å². The Balaban J connectivity index is 0.00000228. The minimum atomic E-state index is -5.02. The molecule has 117 heavy (non-hydrogen) atoms. The van der Waals surface area contributed by atoms with E-state index < -0.39 is 65.0 Å². The van der Waals surface area contributed by atoms with Crippen LogP contribution in [0, 0.1) is 0 Å². The van der Waals surface area contributed by atoms with E-state index in [0.29, 0.717) is 25.7 Å². The minimum Gasteiger partial charge on any atom is -0.744 e. The summed E-state index contributed by atoms with van der Waals surface area (Å²) < 4.78 is 93.6. The molecule has 0 spiro atoms. The summed E-state index contributed by atoms with van der Waals surface area (Å²) in [4.78, 5) is 50.5. The number of ether oxygens (including phenoxy) is 4. The molecule has 0 atom stereocenters. The van der Waals surface area contributed by atoms with E-state index in [4.69, 9.17) is 18.9 Å². The predicted molar refractivity (Wildman–Crippen MR) is 489 cm³/mol. The first-order chi connectivity index (χ1) is 56.6. The first kappa shape index (κ1) is 113. The topological polar surface area (TPSA) is 220 Å². The fourth-order valence-corrected chi connectivity index (χ4v) is 16.1. The molecule has 17 heteroatoms. The van der Waals surface area contributed by atoms with Crippen LogP contribution >= 0.6 is 0 Å². The maximum atomic E-state index is 13.0. The Morgan fingerprint density at radius 2 is 0.393 bits per heavy atom. The van der Waals surface area contributed by atoms with Gasteiger partial charge in [0.05, 0.1) is 58.5 Å². The molecule has 2 rings (SSSR count). The molecule has 0 fully saturated rings. The van der Waals surface area contributed by atoms with Crippen molar-refractivity contribution in [3.8, 4) is 0 Å². The predicted octanol–water partition coefficient (Wildman–Crippen LogP) is 30.3. The molecule has 0 aliphatic carbocycles. The second-order valence-electron chi connectivity index (χ2n) is 32.8. The molecule has 0 aliphatic heterocycles. The van der Waals surface area contributed by atoms with E-state index in [1.54, 1.807) is 0 Å². The molecule has 0 aliphatic rings. The van der Waals surface area contributed by atoms with Crippen LogP contribution < -0.4 is 0 Å². The molecule has 0 saturated heterocycles. The number of benzene rings is 2. The van der Waals surface area contributed by atoms with Crippen molar-refractivity contribution in [2.75, 3.05) is 26.4 Å². The van der Waals surface area contributed by atoms with Crippen molar-refractivity contribution in [2.24, 2.45) is 0 Å². The van der Waals surface area contributed by atoms with Gasteiger partial charge in [-0.2, -0.15) is 0 Å². The molecule has 0 unspecified atom stereocenters. The van der Waals surface area contributed by atoms with E-state index >= 15 is 0 Å². The van der Waals surface area contributed by atoms with Crippen molar-refractivity contribution >= 4 is 81.9 Å². The zero-order valence-corrected chi connectivity index (χ0v) is 79.1. The Morgan fingerprint density at radius 1 is 0.239 bits per heavy atom. The zero-order chi connectivity index (χ0) is 84.4. The van der Waals surface area contributed by atoms with Crippen molar-refractivity contribution < 1.29 is 64.1 Å². The fraction of sp³-hybridized carbons (Fsp3) is 0.760. The van der Waals surface area contributed by atoms with Gasteiger partial charge in [-0.3, -0.25) is 0 Å². The summed E-state index contributed by atoms with van der Waals surface area (Å²) in [6, 6.07) is 7.24. The molecule has 14 nitrogen and oxygen atoms in total. The molecule has 0 radical (unpaired) electrons. The molecule has 0 heterocycles. The van der Waals surface area contributed by atoms with Crippen molar-refractivity contribution in [3.05, 3.63) is 107 Å². The Hall–Kier alpha value is -3.64. The maximum Gasteiger partial charge on any atom is 2.00 e. The average molecular weight is 1700 g/mol. The van der Waals surface area contributed by atoms with Gasteiger partial charge in [0.15, 0.2) is 0 Å². The van der Waals surface area contributed by atoms with Crippen LogP contribution in [0.4, 0.5) is 0 Å². The van der Waals surface area contributed by atoms with Crippen LogP contribution in [0.2, 0.25) is 0 Å². The number of unbranched alkanes of at least 4 members (excludes halogenated alkanes) is 60. The van der Waals surface area contributed by atoms with Crippen LogP contribution in [-0.4, -0.2) is 114 Å². The van der Waals surface area contributed by atoms with E-state index in [0.717, 1.165) is 153 Å². The van der Waals surface area contributed by atoms with Gasteiger partial charge in [-0.25, -0.2) is 36.0 Å². The van der Waals surface area contributed by atoms with Gasteiger partial charge in [-0.15, -0.1) is 0 Å². The van der Waals surface area contributed by atoms with Crippen molar-refractivity contribution in [1.82, 2.24) is 0 Å². The third kappa shape index (κ3) is 69.5. The summed E-state index contributed by atoms with van der Waals surface area (Å²) in [6.07, 6.45) is 101. The number of carbonyl (C=O) groups excluding carboxylic acids is 4. The Bertz CT molecular complexity index is 2810. The molecule has 2 aromatic rings. The van der Waals surface area contributed by atoms with E-state index in [9.17, 15) is 45.1 Å². The second kappa shape index (κ2) is 84.6. The Labute approximate surface area is 747 Å². The quantitative estimate of drug-likeness (QED) is 0.0150. The SMILES string of the molecule is CCCCCCCCCCCC/C=C/CCCCCCCOC(=O)c1cccc(S(=O)(=O)[O-])c1C(=O)OCCCCCCC/C=C/CCCCCCCCCCCC.CCCCCCCCCCCC/C=C/CCCCCCCOC(=O)c1cccc(S(=O)(=O)[O-])c1C(=O)OCCCCCCC/C=C/CCCCCCCCCCCC.[Ca+2]. The minimum absolute atomic E-state index is 0. The largest absolute Gasteiger partial charge is 2.00 e. The van der Waals surface area contributed by atoms with Crippen molar-refractivity contribution in [2.45, 2.75) is 474 Å². The number of rotatable bonds is 82. The van der Waals surface area contributed by atoms with Crippen LogP contribution in [-0.2, 0) is 39.2 Å². The summed E-state index contributed by atoms with van der Waals surface area (Å²) in [5, 5.41) is 0. The first-order valence-corrected chi connectivity index (χ1v) is 50.9.